The standard InChI is InChI=1S/C15H22N2/c1-11(10-12-7-8-12)17-14-6-2-4-13-5-3-9-16-15(13)14/h3,5,9,11-12,14,17H,2,4,6-8,10H2,1H3. The summed E-state index contributed by atoms with van der Waals surface area (Å²) in [5, 5.41) is 3.78. The minimum absolute atomic E-state index is 0.494. The second-order valence-corrected chi connectivity index (χ2v) is 5.74. The van der Waals surface area contributed by atoms with E-state index in [9.17, 15) is 0 Å². The van der Waals surface area contributed by atoms with Crippen molar-refractivity contribution in [3.8, 4) is 0 Å². The third kappa shape index (κ3) is 2.68. The molecule has 2 heteroatoms. The van der Waals surface area contributed by atoms with Crippen LogP contribution < -0.4 is 5.32 Å². The maximum Gasteiger partial charge on any atom is 0.0605 e. The summed E-state index contributed by atoms with van der Waals surface area (Å²) in [5.74, 6) is 1.00. The second kappa shape index (κ2) is 4.77. The van der Waals surface area contributed by atoms with Gasteiger partial charge in [-0.1, -0.05) is 18.9 Å². The van der Waals surface area contributed by atoms with Crippen molar-refractivity contribution in [1.82, 2.24) is 10.3 Å². The molecule has 1 aromatic heterocycles. The smallest absolute Gasteiger partial charge is 0.0605 e. The molecule has 2 aliphatic rings. The van der Waals surface area contributed by atoms with Gasteiger partial charge < -0.3 is 5.32 Å². The van der Waals surface area contributed by atoms with Gasteiger partial charge in [0.2, 0.25) is 0 Å². The molecular formula is C15H22N2. The number of hydrogen-bond donors (Lipinski definition) is 1. The van der Waals surface area contributed by atoms with Crippen LogP contribution in [0, 0.1) is 5.92 Å². The van der Waals surface area contributed by atoms with Crippen LogP contribution in [0.25, 0.3) is 0 Å². The molecule has 1 N–H and O–H groups in total. The molecule has 92 valence electrons. The van der Waals surface area contributed by atoms with Crippen LogP contribution in [-0.4, -0.2) is 11.0 Å². The largest absolute Gasteiger partial charge is 0.306 e. The van der Waals surface area contributed by atoms with E-state index in [-0.39, 0.29) is 0 Å². The van der Waals surface area contributed by atoms with Crippen LogP contribution in [-0.2, 0) is 6.42 Å². The summed E-state index contributed by atoms with van der Waals surface area (Å²) in [6, 6.07) is 5.44. The van der Waals surface area contributed by atoms with Gasteiger partial charge in [-0.25, -0.2) is 0 Å². The van der Waals surface area contributed by atoms with E-state index in [1.54, 1.807) is 0 Å². The molecule has 0 radical (unpaired) electrons. The normalized spacial score (nSPS) is 25.4. The molecule has 0 aliphatic heterocycles. The van der Waals surface area contributed by atoms with Gasteiger partial charge in [-0.3, -0.25) is 4.98 Å². The first-order valence-electron chi connectivity index (χ1n) is 7.03. The third-order valence-corrected chi connectivity index (χ3v) is 4.06. The molecule has 1 heterocycles. The van der Waals surface area contributed by atoms with Crippen molar-refractivity contribution in [3.05, 3.63) is 29.6 Å². The lowest BCUT2D eigenvalue weighted by atomic mass is 9.91. The Labute approximate surface area is 104 Å². The zero-order valence-electron chi connectivity index (χ0n) is 10.7. The topological polar surface area (TPSA) is 24.9 Å². The molecule has 2 atom stereocenters. The van der Waals surface area contributed by atoms with E-state index in [2.05, 4.69) is 29.4 Å². The van der Waals surface area contributed by atoms with E-state index in [0.717, 1.165) is 5.92 Å². The predicted octanol–water partition coefficient (Wildman–Crippen LogP) is 3.24. The first kappa shape index (κ1) is 11.2. The summed E-state index contributed by atoms with van der Waals surface area (Å²) >= 11 is 0. The molecule has 1 aromatic rings. The molecule has 17 heavy (non-hydrogen) atoms. The van der Waals surface area contributed by atoms with Gasteiger partial charge >= 0.3 is 0 Å². The van der Waals surface area contributed by atoms with Crippen LogP contribution in [0.5, 0.6) is 0 Å². The van der Waals surface area contributed by atoms with E-state index in [1.165, 1.54) is 49.8 Å². The highest BCUT2D eigenvalue weighted by Gasteiger charge is 2.27. The van der Waals surface area contributed by atoms with Crippen molar-refractivity contribution in [1.29, 1.82) is 0 Å². The quantitative estimate of drug-likeness (QED) is 0.859. The Morgan fingerprint density at radius 1 is 1.41 bits per heavy atom. The summed E-state index contributed by atoms with van der Waals surface area (Å²) in [5.41, 5.74) is 2.76. The van der Waals surface area contributed by atoms with Gasteiger partial charge in [0, 0.05) is 18.3 Å². The molecule has 1 saturated carbocycles. The summed E-state index contributed by atoms with van der Waals surface area (Å²) in [4.78, 5) is 4.59. The lowest BCUT2D eigenvalue weighted by molar-refractivity contribution is 0.378. The van der Waals surface area contributed by atoms with Gasteiger partial charge in [0.1, 0.15) is 0 Å². The lowest BCUT2D eigenvalue weighted by Gasteiger charge is -2.28. The van der Waals surface area contributed by atoms with Crippen LogP contribution >= 0.6 is 0 Å². The van der Waals surface area contributed by atoms with Crippen molar-refractivity contribution in [2.24, 2.45) is 5.92 Å². The highest BCUT2D eigenvalue weighted by molar-refractivity contribution is 5.25. The molecule has 2 nitrogen and oxygen atoms in total. The number of fused-ring (bicyclic) bond motifs is 1. The fourth-order valence-electron chi connectivity index (χ4n) is 3.04. The van der Waals surface area contributed by atoms with Gasteiger partial charge in [0.15, 0.2) is 0 Å². The van der Waals surface area contributed by atoms with E-state index < -0.39 is 0 Å². The number of nitrogens with zero attached hydrogens (tertiary/aromatic N) is 1. The van der Waals surface area contributed by atoms with Crippen molar-refractivity contribution in [3.63, 3.8) is 0 Å². The monoisotopic (exact) mass is 230 g/mol. The fraction of sp³-hybridized carbons (Fsp3) is 0.667. The molecule has 0 amide bonds. The minimum Gasteiger partial charge on any atom is -0.306 e. The molecule has 3 rings (SSSR count). The fourth-order valence-corrected chi connectivity index (χ4v) is 3.04. The average molecular weight is 230 g/mol. The first-order valence-corrected chi connectivity index (χ1v) is 7.03. The average Bonchev–Trinajstić information content (AvgIpc) is 3.13. The van der Waals surface area contributed by atoms with Crippen LogP contribution in [0.3, 0.4) is 0 Å². The number of pyridine rings is 1. The van der Waals surface area contributed by atoms with Crippen LogP contribution in [0.1, 0.15) is 56.3 Å². The Balaban J connectivity index is 1.67. The number of rotatable bonds is 4. The van der Waals surface area contributed by atoms with Crippen LogP contribution in [0.2, 0.25) is 0 Å². The molecule has 2 aliphatic carbocycles. The molecule has 0 spiro atoms. The van der Waals surface area contributed by atoms with Gasteiger partial charge in [0.05, 0.1) is 5.69 Å². The number of aryl methyl sites for hydroxylation is 1. The van der Waals surface area contributed by atoms with E-state index in [1.807, 2.05) is 6.20 Å². The molecule has 2 unspecified atom stereocenters. The zero-order valence-corrected chi connectivity index (χ0v) is 10.7. The molecular weight excluding hydrogens is 208 g/mol. The maximum atomic E-state index is 4.59. The maximum absolute atomic E-state index is 4.59. The third-order valence-electron chi connectivity index (χ3n) is 4.06. The van der Waals surface area contributed by atoms with Crippen molar-refractivity contribution in [2.75, 3.05) is 0 Å². The first-order chi connectivity index (χ1) is 8.33. The van der Waals surface area contributed by atoms with Gasteiger partial charge in [-0.2, -0.15) is 0 Å². The molecule has 0 saturated heterocycles. The number of aromatic nitrogens is 1. The molecule has 1 fully saturated rings. The lowest BCUT2D eigenvalue weighted by Crippen LogP contribution is -2.33. The zero-order chi connectivity index (χ0) is 11.7. The Bertz CT molecular complexity index is 384. The summed E-state index contributed by atoms with van der Waals surface area (Å²) < 4.78 is 0. The number of nitrogens with one attached hydrogen (secondary N) is 1. The molecule has 0 aromatic carbocycles. The Hall–Kier alpha value is -0.890. The van der Waals surface area contributed by atoms with Crippen molar-refractivity contribution < 1.29 is 0 Å². The highest BCUT2D eigenvalue weighted by Crippen LogP contribution is 2.34. The Morgan fingerprint density at radius 2 is 2.29 bits per heavy atom. The van der Waals surface area contributed by atoms with Gasteiger partial charge in [-0.15, -0.1) is 0 Å². The van der Waals surface area contributed by atoms with Gasteiger partial charge in [0.25, 0.3) is 0 Å². The number of hydrogen-bond acceptors (Lipinski definition) is 2. The van der Waals surface area contributed by atoms with Gasteiger partial charge in [-0.05, 0) is 50.2 Å². The van der Waals surface area contributed by atoms with E-state index in [4.69, 9.17) is 0 Å². The SMILES string of the molecule is CC(CC1CC1)NC1CCCc2cccnc21. The van der Waals surface area contributed by atoms with E-state index >= 15 is 0 Å². The Morgan fingerprint density at radius 3 is 3.12 bits per heavy atom. The predicted molar refractivity (Wildman–Crippen MR) is 69.9 cm³/mol. The van der Waals surface area contributed by atoms with E-state index in [0.29, 0.717) is 12.1 Å². The van der Waals surface area contributed by atoms with Crippen molar-refractivity contribution in [2.45, 2.75) is 57.5 Å². The minimum atomic E-state index is 0.494. The van der Waals surface area contributed by atoms with Crippen molar-refractivity contribution >= 4 is 0 Å². The second-order valence-electron chi connectivity index (χ2n) is 5.74. The molecule has 0 bridgehead atoms. The highest BCUT2D eigenvalue weighted by atomic mass is 15.0. The summed E-state index contributed by atoms with van der Waals surface area (Å²) in [6.45, 7) is 2.33. The Kier molecular flexibility index (Phi) is 3.15. The summed E-state index contributed by atoms with van der Waals surface area (Å²) in [6.07, 6.45) is 9.93. The summed E-state index contributed by atoms with van der Waals surface area (Å²) in [7, 11) is 0. The van der Waals surface area contributed by atoms with Crippen LogP contribution in [0.15, 0.2) is 18.3 Å². The van der Waals surface area contributed by atoms with Crippen LogP contribution in [0.4, 0.5) is 0 Å².